The van der Waals surface area contributed by atoms with Gasteiger partial charge in [0.2, 0.25) is 5.91 Å². The molecule has 1 atom stereocenters. The molecule has 0 aliphatic carbocycles. The van der Waals surface area contributed by atoms with Crippen molar-refractivity contribution in [3.8, 4) is 11.5 Å². The minimum absolute atomic E-state index is 0.0617. The summed E-state index contributed by atoms with van der Waals surface area (Å²) in [5, 5.41) is 2.92. The monoisotopic (exact) mass is 462 g/mol. The highest BCUT2D eigenvalue weighted by molar-refractivity contribution is 5.97. The number of halogens is 2. The van der Waals surface area contributed by atoms with Crippen LogP contribution in [0.5, 0.6) is 11.5 Å². The van der Waals surface area contributed by atoms with Crippen molar-refractivity contribution in [3.05, 3.63) is 59.7 Å². The second-order valence-corrected chi connectivity index (χ2v) is 7.67. The van der Waals surface area contributed by atoms with Crippen LogP contribution in [0.3, 0.4) is 0 Å². The van der Waals surface area contributed by atoms with E-state index in [1.807, 2.05) is 24.3 Å². The van der Waals surface area contributed by atoms with Crippen LogP contribution < -0.4 is 14.8 Å². The average Bonchev–Trinajstić information content (AvgIpc) is 2.83. The van der Waals surface area contributed by atoms with Crippen molar-refractivity contribution in [1.82, 2.24) is 10.2 Å². The van der Waals surface area contributed by atoms with Gasteiger partial charge in [-0.15, -0.1) is 0 Å². The molecule has 0 spiro atoms. The van der Waals surface area contributed by atoms with Crippen molar-refractivity contribution in [2.75, 3.05) is 33.4 Å². The number of hydrogen-bond donors (Lipinski definition) is 1. The zero-order chi connectivity index (χ0) is 23.6. The number of methoxy groups -OCH3 is 1. The summed E-state index contributed by atoms with van der Waals surface area (Å²) < 4.78 is 40.3. The number of amides is 2. The quantitative estimate of drug-likeness (QED) is 0.547. The van der Waals surface area contributed by atoms with Gasteiger partial charge in [0.25, 0.3) is 5.91 Å². The van der Waals surface area contributed by atoms with Gasteiger partial charge in [-0.05, 0) is 42.7 Å². The minimum Gasteiger partial charge on any atom is -0.491 e. The summed E-state index contributed by atoms with van der Waals surface area (Å²) in [7, 11) is 1.61. The number of benzene rings is 2. The van der Waals surface area contributed by atoms with E-state index in [-0.39, 0.29) is 29.7 Å². The van der Waals surface area contributed by atoms with Gasteiger partial charge in [-0.25, -0.2) is 0 Å². The molecule has 1 fully saturated rings. The van der Waals surface area contributed by atoms with Gasteiger partial charge in [0, 0.05) is 26.7 Å². The van der Waals surface area contributed by atoms with Gasteiger partial charge < -0.3 is 24.4 Å². The normalized spacial score (nSPS) is 15.9. The number of alkyl halides is 2. The highest BCUT2D eigenvalue weighted by Gasteiger charge is 2.30. The van der Waals surface area contributed by atoms with Crippen molar-refractivity contribution < 1.29 is 32.6 Å². The maximum absolute atomic E-state index is 12.9. The third kappa shape index (κ3) is 7.15. The van der Waals surface area contributed by atoms with Crippen molar-refractivity contribution in [1.29, 1.82) is 0 Å². The second-order valence-electron chi connectivity index (χ2n) is 7.67. The first-order valence-electron chi connectivity index (χ1n) is 10.8. The lowest BCUT2D eigenvalue weighted by atomic mass is 9.96. The smallest absolute Gasteiger partial charge is 0.387 e. The highest BCUT2D eigenvalue weighted by Crippen LogP contribution is 2.25. The van der Waals surface area contributed by atoms with Gasteiger partial charge in [-0.2, -0.15) is 8.78 Å². The molecule has 0 bridgehead atoms. The molecule has 33 heavy (non-hydrogen) atoms. The Hall–Kier alpha value is -3.20. The molecule has 2 aromatic rings. The van der Waals surface area contributed by atoms with Gasteiger partial charge in [0.15, 0.2) is 0 Å². The minimum atomic E-state index is -3.02. The van der Waals surface area contributed by atoms with Crippen LogP contribution in [0.15, 0.2) is 48.5 Å². The van der Waals surface area contributed by atoms with Gasteiger partial charge >= 0.3 is 6.61 Å². The van der Waals surface area contributed by atoms with Crippen LogP contribution in [0.25, 0.3) is 0 Å². The first-order valence-corrected chi connectivity index (χ1v) is 10.8. The van der Waals surface area contributed by atoms with E-state index >= 15 is 0 Å². The van der Waals surface area contributed by atoms with E-state index in [2.05, 4.69) is 10.1 Å². The predicted molar refractivity (Wildman–Crippen MR) is 117 cm³/mol. The third-order valence-electron chi connectivity index (χ3n) is 5.36. The first-order chi connectivity index (χ1) is 16.0. The molecule has 1 N–H and O–H groups in total. The Morgan fingerprint density at radius 3 is 2.61 bits per heavy atom. The van der Waals surface area contributed by atoms with E-state index in [0.29, 0.717) is 39.1 Å². The van der Waals surface area contributed by atoms with Crippen LogP contribution in [0.1, 0.15) is 28.8 Å². The lowest BCUT2D eigenvalue weighted by molar-refractivity contribution is -0.126. The Morgan fingerprint density at radius 2 is 1.88 bits per heavy atom. The topological polar surface area (TPSA) is 77.1 Å². The second kappa shape index (κ2) is 12.2. The van der Waals surface area contributed by atoms with E-state index in [9.17, 15) is 18.4 Å². The SMILES string of the molecule is COCCOc1ccc(CNC(=O)C2CCCN(C(=O)c3ccccc3OC(F)F)C2)cc1. The molecule has 1 heterocycles. The van der Waals surface area contributed by atoms with Crippen LogP contribution in [0.4, 0.5) is 8.78 Å². The summed E-state index contributed by atoms with van der Waals surface area (Å²) in [6.07, 6.45) is 1.30. The number of rotatable bonds is 10. The number of likely N-dealkylation sites (tertiary alicyclic amines) is 1. The molecule has 1 saturated heterocycles. The molecule has 0 radical (unpaired) electrons. The summed E-state index contributed by atoms with van der Waals surface area (Å²) in [5.41, 5.74) is 0.982. The first kappa shape index (κ1) is 24.4. The van der Waals surface area contributed by atoms with Gasteiger partial charge in [0.1, 0.15) is 18.1 Å². The molecule has 7 nitrogen and oxygen atoms in total. The Kier molecular flexibility index (Phi) is 9.00. The Morgan fingerprint density at radius 1 is 1.12 bits per heavy atom. The molecule has 9 heteroatoms. The largest absolute Gasteiger partial charge is 0.491 e. The fourth-order valence-electron chi connectivity index (χ4n) is 3.67. The van der Waals surface area contributed by atoms with E-state index < -0.39 is 12.5 Å². The number of carbonyl (C=O) groups is 2. The van der Waals surface area contributed by atoms with E-state index in [1.165, 1.54) is 23.1 Å². The van der Waals surface area contributed by atoms with E-state index in [1.54, 1.807) is 13.2 Å². The number of ether oxygens (including phenoxy) is 3. The molecular formula is C24H28F2N2O5. The zero-order valence-electron chi connectivity index (χ0n) is 18.5. The summed E-state index contributed by atoms with van der Waals surface area (Å²) in [4.78, 5) is 27.2. The van der Waals surface area contributed by atoms with Crippen molar-refractivity contribution in [2.45, 2.75) is 26.0 Å². The highest BCUT2D eigenvalue weighted by atomic mass is 19.3. The van der Waals surface area contributed by atoms with Crippen molar-refractivity contribution in [3.63, 3.8) is 0 Å². The maximum Gasteiger partial charge on any atom is 0.387 e. The Balaban J connectivity index is 1.54. The fraction of sp³-hybridized carbons (Fsp3) is 0.417. The maximum atomic E-state index is 12.9. The number of piperidine rings is 1. The van der Waals surface area contributed by atoms with Gasteiger partial charge in [-0.1, -0.05) is 24.3 Å². The Labute approximate surface area is 191 Å². The number of hydrogen-bond acceptors (Lipinski definition) is 5. The standard InChI is InChI=1S/C24H28F2N2O5/c1-31-13-14-32-19-10-8-17(9-11-19)15-27-22(29)18-5-4-12-28(16-18)23(30)20-6-2-3-7-21(20)33-24(25)26/h2-3,6-11,18,24H,4-5,12-16H2,1H3,(H,27,29). The Bertz CT molecular complexity index is 923. The lowest BCUT2D eigenvalue weighted by Gasteiger charge is -2.32. The van der Waals surface area contributed by atoms with Crippen LogP contribution in [-0.4, -0.2) is 56.7 Å². The predicted octanol–water partition coefficient (Wildman–Crippen LogP) is 3.48. The summed E-state index contributed by atoms with van der Waals surface area (Å²) >= 11 is 0. The van der Waals surface area contributed by atoms with E-state index in [4.69, 9.17) is 9.47 Å². The van der Waals surface area contributed by atoms with Gasteiger partial charge in [-0.3, -0.25) is 9.59 Å². The van der Waals surface area contributed by atoms with Crippen LogP contribution in [-0.2, 0) is 16.1 Å². The molecule has 1 aliphatic rings. The average molecular weight is 462 g/mol. The molecule has 2 aromatic carbocycles. The van der Waals surface area contributed by atoms with Crippen LogP contribution in [0, 0.1) is 5.92 Å². The number of nitrogens with zero attached hydrogens (tertiary/aromatic N) is 1. The van der Waals surface area contributed by atoms with Crippen LogP contribution >= 0.6 is 0 Å². The molecule has 3 rings (SSSR count). The molecule has 0 saturated carbocycles. The van der Waals surface area contributed by atoms with Crippen molar-refractivity contribution in [2.24, 2.45) is 5.92 Å². The van der Waals surface area contributed by atoms with Gasteiger partial charge in [0.05, 0.1) is 18.1 Å². The zero-order valence-corrected chi connectivity index (χ0v) is 18.5. The number of para-hydroxylation sites is 1. The third-order valence-corrected chi connectivity index (χ3v) is 5.36. The molecule has 0 aromatic heterocycles. The number of nitrogens with one attached hydrogen (secondary N) is 1. The molecule has 2 amide bonds. The van der Waals surface area contributed by atoms with Crippen LogP contribution in [0.2, 0.25) is 0 Å². The lowest BCUT2D eigenvalue weighted by Crippen LogP contribution is -2.45. The number of carbonyl (C=O) groups excluding carboxylic acids is 2. The summed E-state index contributed by atoms with van der Waals surface area (Å²) in [5.74, 6) is -0.390. The molecule has 1 unspecified atom stereocenters. The fourth-order valence-corrected chi connectivity index (χ4v) is 3.67. The molecule has 1 aliphatic heterocycles. The molecule has 178 valence electrons. The summed E-state index contributed by atoms with van der Waals surface area (Å²) in [6, 6.07) is 13.3. The van der Waals surface area contributed by atoms with E-state index in [0.717, 1.165) is 11.3 Å². The summed E-state index contributed by atoms with van der Waals surface area (Å²) in [6.45, 7) is -1.03. The molecular weight excluding hydrogens is 434 g/mol. The van der Waals surface area contributed by atoms with Crippen molar-refractivity contribution >= 4 is 11.8 Å².